The zero-order valence-corrected chi connectivity index (χ0v) is 7.04. The predicted octanol–water partition coefficient (Wildman–Crippen LogP) is 1.61. The van der Waals surface area contributed by atoms with Gasteiger partial charge in [0, 0.05) is 9.52 Å². The molecule has 0 nitrogen and oxygen atoms in total. The van der Waals surface area contributed by atoms with Gasteiger partial charge >= 0.3 is 0 Å². The van der Waals surface area contributed by atoms with Crippen LogP contribution in [0.15, 0.2) is 0 Å². The highest BCUT2D eigenvalue weighted by atomic mass is 28.2. The number of hydrogen-bond donors (Lipinski definition) is 0. The molecule has 0 aliphatic heterocycles. The van der Waals surface area contributed by atoms with E-state index in [2.05, 4.69) is 13.1 Å². The third kappa shape index (κ3) is 3.56. The zero-order chi connectivity index (χ0) is 7.49. The molecule has 1 atom stereocenters. The first-order valence-corrected chi connectivity index (χ1v) is 5.89. The summed E-state index contributed by atoms with van der Waals surface area (Å²) in [5.74, 6) is -2.96. The third-order valence-electron chi connectivity index (χ3n) is 0.750. The summed E-state index contributed by atoms with van der Waals surface area (Å²) in [6, 6.07) is 0. The van der Waals surface area contributed by atoms with Crippen LogP contribution in [-0.4, -0.2) is 21.6 Å². The lowest BCUT2D eigenvalue weighted by molar-refractivity contribution is 0.0870. The SMILES string of the molecule is C[SiH2]C.FC1CC1(F)F. The lowest BCUT2D eigenvalue weighted by Gasteiger charge is -1.79. The molecule has 0 aromatic carbocycles. The van der Waals surface area contributed by atoms with Crippen molar-refractivity contribution in [2.75, 3.05) is 0 Å². The first-order valence-electron chi connectivity index (χ1n) is 3.06. The van der Waals surface area contributed by atoms with Crippen molar-refractivity contribution in [3.63, 3.8) is 0 Å². The summed E-state index contributed by atoms with van der Waals surface area (Å²) in [5.41, 5.74) is 0. The highest BCUT2D eigenvalue weighted by molar-refractivity contribution is 6.31. The van der Waals surface area contributed by atoms with E-state index in [1.165, 1.54) is 0 Å². The Bertz CT molecular complexity index is 84.3. The average molecular weight is 156 g/mol. The van der Waals surface area contributed by atoms with Crippen LogP contribution in [0.1, 0.15) is 6.42 Å². The molecule has 0 amide bonds. The van der Waals surface area contributed by atoms with Gasteiger partial charge in [-0.05, 0) is 0 Å². The van der Waals surface area contributed by atoms with Crippen LogP contribution in [-0.2, 0) is 0 Å². The number of hydrogen-bond acceptors (Lipinski definition) is 0. The van der Waals surface area contributed by atoms with Gasteiger partial charge in [0.2, 0.25) is 0 Å². The molecule has 1 aliphatic carbocycles. The maximum absolute atomic E-state index is 11.2. The minimum Gasteiger partial charge on any atom is -0.241 e. The molecule has 1 aliphatic rings. The maximum atomic E-state index is 11.2. The van der Waals surface area contributed by atoms with Crippen molar-refractivity contribution in [3.8, 4) is 0 Å². The van der Waals surface area contributed by atoms with E-state index in [1.807, 2.05) is 0 Å². The van der Waals surface area contributed by atoms with E-state index in [-0.39, 0.29) is 0 Å². The van der Waals surface area contributed by atoms with Gasteiger partial charge in [0.15, 0.2) is 6.17 Å². The van der Waals surface area contributed by atoms with Crippen molar-refractivity contribution < 1.29 is 13.2 Å². The summed E-state index contributed by atoms with van der Waals surface area (Å²) in [4.78, 5) is 0. The van der Waals surface area contributed by atoms with E-state index in [4.69, 9.17) is 0 Å². The third-order valence-corrected chi connectivity index (χ3v) is 0.750. The van der Waals surface area contributed by atoms with E-state index in [9.17, 15) is 13.2 Å². The number of alkyl halides is 3. The normalized spacial score (nSPS) is 28.3. The molecule has 0 spiro atoms. The Labute approximate surface area is 55.3 Å². The first-order chi connectivity index (χ1) is 4.04. The van der Waals surface area contributed by atoms with Gasteiger partial charge in [-0.15, -0.1) is 0 Å². The summed E-state index contributed by atoms with van der Waals surface area (Å²) in [6.45, 7) is 4.53. The van der Waals surface area contributed by atoms with Crippen LogP contribution >= 0.6 is 0 Å². The smallest absolute Gasteiger partial charge is 0.241 e. The van der Waals surface area contributed by atoms with Crippen molar-refractivity contribution in [2.45, 2.75) is 31.6 Å². The molecule has 0 N–H and O–H groups in total. The van der Waals surface area contributed by atoms with Gasteiger partial charge in [0.1, 0.15) is 0 Å². The van der Waals surface area contributed by atoms with Crippen LogP contribution in [0.5, 0.6) is 0 Å². The molecule has 56 valence electrons. The summed E-state index contributed by atoms with van der Waals surface area (Å²) in [6.07, 6.45) is -2.40. The zero-order valence-electron chi connectivity index (χ0n) is 5.63. The molecule has 4 heteroatoms. The average Bonchev–Trinajstić information content (AvgIpc) is 2.14. The fourth-order valence-electron chi connectivity index (χ4n) is 0.180. The van der Waals surface area contributed by atoms with Crippen LogP contribution in [0.25, 0.3) is 0 Å². The quantitative estimate of drug-likeness (QED) is 0.467. The Balaban J connectivity index is 0.000000187. The van der Waals surface area contributed by atoms with Crippen LogP contribution in [0.3, 0.4) is 0 Å². The number of rotatable bonds is 0. The lowest BCUT2D eigenvalue weighted by Crippen LogP contribution is -1.90. The molecule has 1 fully saturated rings. The molecular formula is C5H11F3Si. The molecule has 1 rings (SSSR count). The van der Waals surface area contributed by atoms with Crippen molar-refractivity contribution >= 4 is 9.52 Å². The predicted molar refractivity (Wildman–Crippen MR) is 34.7 cm³/mol. The van der Waals surface area contributed by atoms with Gasteiger partial charge in [0.05, 0.1) is 6.42 Å². The second-order valence-corrected chi connectivity index (χ2v) is 3.55. The Kier molecular flexibility index (Phi) is 3.25. The Morgan fingerprint density at radius 3 is 1.56 bits per heavy atom. The van der Waals surface area contributed by atoms with E-state index in [0.717, 1.165) is 0 Å². The van der Waals surface area contributed by atoms with Gasteiger partial charge in [-0.3, -0.25) is 0 Å². The molecule has 0 radical (unpaired) electrons. The van der Waals surface area contributed by atoms with Gasteiger partial charge in [-0.2, -0.15) is 0 Å². The summed E-state index contributed by atoms with van der Waals surface area (Å²) in [5, 5.41) is 0. The van der Waals surface area contributed by atoms with Crippen molar-refractivity contribution in [1.29, 1.82) is 0 Å². The minimum atomic E-state index is -2.96. The van der Waals surface area contributed by atoms with Gasteiger partial charge < -0.3 is 0 Å². The molecule has 0 saturated heterocycles. The summed E-state index contributed by atoms with van der Waals surface area (Å²) in [7, 11) is 0.417. The van der Waals surface area contributed by atoms with Gasteiger partial charge in [0.25, 0.3) is 5.92 Å². The first kappa shape index (κ1) is 9.01. The fourth-order valence-corrected chi connectivity index (χ4v) is 0.180. The van der Waals surface area contributed by atoms with Crippen molar-refractivity contribution in [3.05, 3.63) is 0 Å². The van der Waals surface area contributed by atoms with Crippen molar-refractivity contribution in [1.82, 2.24) is 0 Å². The second kappa shape index (κ2) is 3.24. The molecule has 9 heavy (non-hydrogen) atoms. The van der Waals surface area contributed by atoms with E-state index in [0.29, 0.717) is 9.52 Å². The van der Waals surface area contributed by atoms with Crippen LogP contribution in [0, 0.1) is 0 Å². The Hall–Kier alpha value is 0.00688. The number of halogens is 3. The van der Waals surface area contributed by atoms with Gasteiger partial charge in [-0.25, -0.2) is 13.2 Å². The molecule has 0 aromatic rings. The van der Waals surface area contributed by atoms with E-state index in [1.54, 1.807) is 0 Å². The largest absolute Gasteiger partial charge is 0.281 e. The molecule has 0 bridgehead atoms. The van der Waals surface area contributed by atoms with Crippen LogP contribution < -0.4 is 0 Å². The van der Waals surface area contributed by atoms with E-state index < -0.39 is 18.5 Å². The molecular weight excluding hydrogens is 145 g/mol. The lowest BCUT2D eigenvalue weighted by atomic mass is 10.8. The second-order valence-electron chi connectivity index (χ2n) is 2.14. The van der Waals surface area contributed by atoms with E-state index >= 15 is 0 Å². The monoisotopic (exact) mass is 156 g/mol. The summed E-state index contributed by atoms with van der Waals surface area (Å²) >= 11 is 0. The fraction of sp³-hybridized carbons (Fsp3) is 1.00. The van der Waals surface area contributed by atoms with Crippen molar-refractivity contribution in [2.24, 2.45) is 0 Å². The minimum absolute atomic E-state index is 0.417. The maximum Gasteiger partial charge on any atom is 0.281 e. The topological polar surface area (TPSA) is 0 Å². The highest BCUT2D eigenvalue weighted by Crippen LogP contribution is 2.44. The summed E-state index contributed by atoms with van der Waals surface area (Å²) < 4.78 is 33.4. The standard InChI is InChI=1S/C3H3F3.C2H8Si/c4-2-1-3(2,5)6;1-3-2/h2H,1H2;3H2,1-2H3. The molecule has 1 saturated carbocycles. The molecule has 1 unspecified atom stereocenters. The molecule has 0 aromatic heterocycles. The van der Waals surface area contributed by atoms with Gasteiger partial charge in [-0.1, -0.05) is 13.1 Å². The molecule has 0 heterocycles. The Morgan fingerprint density at radius 1 is 1.44 bits per heavy atom. The Morgan fingerprint density at radius 2 is 1.56 bits per heavy atom. The highest BCUT2D eigenvalue weighted by Gasteiger charge is 2.58. The van der Waals surface area contributed by atoms with Crippen LogP contribution in [0.4, 0.5) is 13.2 Å². The van der Waals surface area contributed by atoms with Crippen LogP contribution in [0.2, 0.25) is 13.1 Å².